The molecule has 0 fully saturated rings. The molecule has 0 aliphatic carbocycles. The average Bonchev–Trinajstić information content (AvgIpc) is 3.29. The zero-order chi connectivity index (χ0) is 17.5. The quantitative estimate of drug-likeness (QED) is 0.607. The normalized spacial score (nSPS) is 12.0. The number of hydrogen-bond acceptors (Lipinski definition) is 6. The molecule has 0 aliphatic rings. The zero-order valence-corrected chi connectivity index (χ0v) is 15.5. The molecule has 1 atom stereocenters. The minimum atomic E-state index is 0.00381. The van der Waals surface area contributed by atoms with Gasteiger partial charge in [-0.25, -0.2) is 0 Å². The van der Waals surface area contributed by atoms with Crippen molar-refractivity contribution in [2.24, 2.45) is 0 Å². The fourth-order valence-corrected chi connectivity index (χ4v) is 4.16. The molecule has 7 heteroatoms. The third-order valence-electron chi connectivity index (χ3n) is 3.68. The minimum Gasteiger partial charge on any atom is -0.469 e. The summed E-state index contributed by atoms with van der Waals surface area (Å²) in [4.78, 5) is 12.0. The van der Waals surface area contributed by atoms with E-state index in [-0.39, 0.29) is 11.8 Å². The number of hydrogen-bond donors (Lipinski definition) is 1. The van der Waals surface area contributed by atoms with Gasteiger partial charge in [-0.05, 0) is 31.0 Å². The van der Waals surface area contributed by atoms with Crippen molar-refractivity contribution in [2.75, 3.05) is 12.3 Å². The molecule has 2 aromatic heterocycles. The van der Waals surface area contributed by atoms with Crippen LogP contribution in [0.2, 0.25) is 0 Å². The Kier molecular flexibility index (Phi) is 6.25. The van der Waals surface area contributed by atoms with Gasteiger partial charge in [0.1, 0.15) is 10.8 Å². The molecular formula is C18H19N3O2S2. The van der Waals surface area contributed by atoms with Crippen LogP contribution in [0.5, 0.6) is 0 Å². The number of carbonyl (C=O) groups excluding carboxylic acids is 1. The molecule has 0 saturated carbocycles. The van der Waals surface area contributed by atoms with Crippen molar-refractivity contribution in [3.8, 4) is 0 Å². The zero-order valence-electron chi connectivity index (χ0n) is 13.8. The van der Waals surface area contributed by atoms with Gasteiger partial charge in [0.05, 0.1) is 12.0 Å². The molecule has 0 saturated heterocycles. The molecular weight excluding hydrogens is 354 g/mol. The first kappa shape index (κ1) is 17.7. The second kappa shape index (κ2) is 8.82. The second-order valence-corrected chi connectivity index (χ2v) is 7.90. The number of aryl methyl sites for hydroxylation is 1. The van der Waals surface area contributed by atoms with Crippen LogP contribution in [0.25, 0.3) is 0 Å². The lowest BCUT2D eigenvalue weighted by Crippen LogP contribution is -2.27. The summed E-state index contributed by atoms with van der Waals surface area (Å²) in [6, 6.07) is 14.1. The Morgan fingerprint density at radius 3 is 2.76 bits per heavy atom. The summed E-state index contributed by atoms with van der Waals surface area (Å²) < 4.78 is 6.41. The third-order valence-corrected chi connectivity index (χ3v) is 5.65. The van der Waals surface area contributed by atoms with Crippen LogP contribution in [0.4, 0.5) is 0 Å². The topological polar surface area (TPSA) is 68.0 Å². The highest BCUT2D eigenvalue weighted by Crippen LogP contribution is 2.28. The number of nitrogens with one attached hydrogen (secondary N) is 1. The maximum absolute atomic E-state index is 12.0. The largest absolute Gasteiger partial charge is 0.469 e. The molecule has 25 heavy (non-hydrogen) atoms. The predicted molar refractivity (Wildman–Crippen MR) is 100.0 cm³/mol. The summed E-state index contributed by atoms with van der Waals surface area (Å²) in [6.07, 6.45) is 2.47. The second-order valence-electron chi connectivity index (χ2n) is 5.49. The SMILES string of the molecule is Cc1nnc(SCC(=O)NCCC(c2ccccc2)c2ccco2)s1. The Bertz CT molecular complexity index is 788. The summed E-state index contributed by atoms with van der Waals surface area (Å²) in [5.74, 6) is 1.41. The van der Waals surface area contributed by atoms with E-state index in [1.54, 1.807) is 6.26 Å². The number of furan rings is 1. The Hall–Kier alpha value is -2.12. The van der Waals surface area contributed by atoms with Gasteiger partial charge in [0.2, 0.25) is 5.91 Å². The van der Waals surface area contributed by atoms with Crippen LogP contribution in [-0.4, -0.2) is 28.4 Å². The van der Waals surface area contributed by atoms with Gasteiger partial charge in [-0.15, -0.1) is 10.2 Å². The number of aromatic nitrogens is 2. The summed E-state index contributed by atoms with van der Waals surface area (Å²) in [6.45, 7) is 2.49. The summed E-state index contributed by atoms with van der Waals surface area (Å²) in [5, 5.41) is 11.8. The van der Waals surface area contributed by atoms with Crippen molar-refractivity contribution in [2.45, 2.75) is 23.6 Å². The molecule has 1 aromatic carbocycles. The van der Waals surface area contributed by atoms with Crippen LogP contribution >= 0.6 is 23.1 Å². The molecule has 1 unspecified atom stereocenters. The summed E-state index contributed by atoms with van der Waals surface area (Å²) >= 11 is 2.92. The number of rotatable bonds is 8. The van der Waals surface area contributed by atoms with Gasteiger partial charge in [-0.1, -0.05) is 53.4 Å². The fourth-order valence-electron chi connectivity index (χ4n) is 2.52. The van der Waals surface area contributed by atoms with Crippen molar-refractivity contribution in [1.29, 1.82) is 0 Å². The van der Waals surface area contributed by atoms with Gasteiger partial charge in [0.15, 0.2) is 4.34 Å². The van der Waals surface area contributed by atoms with Crippen LogP contribution in [0, 0.1) is 6.92 Å². The number of thioether (sulfide) groups is 1. The van der Waals surface area contributed by atoms with Crippen molar-refractivity contribution in [3.63, 3.8) is 0 Å². The molecule has 0 spiro atoms. The Morgan fingerprint density at radius 1 is 1.24 bits per heavy atom. The number of carbonyl (C=O) groups is 1. The first-order valence-corrected chi connectivity index (χ1v) is 9.80. The van der Waals surface area contributed by atoms with Crippen LogP contribution in [-0.2, 0) is 4.79 Å². The monoisotopic (exact) mass is 373 g/mol. The van der Waals surface area contributed by atoms with Crippen molar-refractivity contribution in [3.05, 3.63) is 65.1 Å². The highest BCUT2D eigenvalue weighted by Gasteiger charge is 2.17. The van der Waals surface area contributed by atoms with Gasteiger partial charge in [0.25, 0.3) is 0 Å². The lowest BCUT2D eigenvalue weighted by atomic mass is 9.93. The van der Waals surface area contributed by atoms with Crippen molar-refractivity contribution >= 4 is 29.0 Å². The maximum atomic E-state index is 12.0. The number of nitrogens with zero attached hydrogens (tertiary/aromatic N) is 2. The lowest BCUT2D eigenvalue weighted by molar-refractivity contribution is -0.118. The van der Waals surface area contributed by atoms with E-state index in [1.807, 2.05) is 37.3 Å². The highest BCUT2D eigenvalue weighted by atomic mass is 32.2. The molecule has 1 N–H and O–H groups in total. The van der Waals surface area contributed by atoms with E-state index in [4.69, 9.17) is 4.42 Å². The van der Waals surface area contributed by atoms with E-state index in [9.17, 15) is 4.79 Å². The van der Waals surface area contributed by atoms with Gasteiger partial charge in [-0.3, -0.25) is 4.79 Å². The van der Waals surface area contributed by atoms with Gasteiger partial charge < -0.3 is 9.73 Å². The molecule has 1 amide bonds. The fraction of sp³-hybridized carbons (Fsp3) is 0.278. The number of amides is 1. The smallest absolute Gasteiger partial charge is 0.230 e. The Morgan fingerprint density at radius 2 is 2.08 bits per heavy atom. The molecule has 0 bridgehead atoms. The van der Waals surface area contributed by atoms with Crippen LogP contribution < -0.4 is 5.32 Å². The van der Waals surface area contributed by atoms with Gasteiger partial charge in [0, 0.05) is 12.5 Å². The van der Waals surface area contributed by atoms with Crippen molar-refractivity contribution in [1.82, 2.24) is 15.5 Å². The summed E-state index contributed by atoms with van der Waals surface area (Å²) in [5.41, 5.74) is 1.19. The highest BCUT2D eigenvalue weighted by molar-refractivity contribution is 8.01. The average molecular weight is 374 g/mol. The van der Waals surface area contributed by atoms with E-state index in [0.29, 0.717) is 12.3 Å². The Balaban J connectivity index is 1.50. The molecule has 3 rings (SSSR count). The number of benzene rings is 1. The minimum absolute atomic E-state index is 0.00381. The van der Waals surface area contributed by atoms with E-state index >= 15 is 0 Å². The van der Waals surface area contributed by atoms with Crippen LogP contribution in [0.3, 0.4) is 0 Å². The van der Waals surface area contributed by atoms with E-state index < -0.39 is 0 Å². The van der Waals surface area contributed by atoms with E-state index in [1.165, 1.54) is 28.7 Å². The first-order chi connectivity index (χ1) is 12.2. The maximum Gasteiger partial charge on any atom is 0.230 e. The standard InChI is InChI=1S/C18H19N3O2S2/c1-13-20-21-18(25-13)24-12-17(22)19-10-9-15(16-8-5-11-23-16)14-6-3-2-4-7-14/h2-8,11,15H,9-10,12H2,1H3,(H,19,22). The third kappa shape index (κ3) is 5.17. The molecule has 5 nitrogen and oxygen atoms in total. The van der Waals surface area contributed by atoms with E-state index in [2.05, 4.69) is 27.6 Å². The lowest BCUT2D eigenvalue weighted by Gasteiger charge is -2.15. The summed E-state index contributed by atoms with van der Waals surface area (Å²) in [7, 11) is 0. The first-order valence-electron chi connectivity index (χ1n) is 8.00. The van der Waals surface area contributed by atoms with Gasteiger partial charge >= 0.3 is 0 Å². The molecule has 130 valence electrons. The predicted octanol–water partition coefficient (Wildman–Crippen LogP) is 3.87. The Labute approximate surface area is 154 Å². The molecule has 3 aromatic rings. The molecule has 2 heterocycles. The molecule has 0 radical (unpaired) electrons. The van der Waals surface area contributed by atoms with Crippen LogP contribution in [0.1, 0.15) is 28.7 Å². The van der Waals surface area contributed by atoms with Crippen molar-refractivity contribution < 1.29 is 9.21 Å². The van der Waals surface area contributed by atoms with E-state index in [0.717, 1.165) is 21.5 Å². The van der Waals surface area contributed by atoms with Gasteiger partial charge in [-0.2, -0.15) is 0 Å². The van der Waals surface area contributed by atoms with Crippen LogP contribution in [0.15, 0.2) is 57.5 Å². The molecule has 0 aliphatic heterocycles.